The molecule has 152 valence electrons. The van der Waals surface area contributed by atoms with Gasteiger partial charge in [0.25, 0.3) is 11.8 Å². The standard InChI is InChI=1S/C21H22ClN3O4/c1-24(2)21(28)18-13-25(16-5-3-4-6-17(16)29-18)19(26)11-12-23-20(27)14-7-9-15(22)10-8-14/h3-10,18H,11-13H2,1-2H3,(H,23,27)/t18-/m0/s1. The van der Waals surface area contributed by atoms with Gasteiger partial charge in [0.1, 0.15) is 5.75 Å². The topological polar surface area (TPSA) is 79.0 Å². The molecule has 0 saturated heterocycles. The van der Waals surface area contributed by atoms with Gasteiger partial charge in [0.05, 0.1) is 12.2 Å². The highest BCUT2D eigenvalue weighted by Crippen LogP contribution is 2.33. The first-order valence-corrected chi connectivity index (χ1v) is 9.55. The van der Waals surface area contributed by atoms with E-state index in [0.29, 0.717) is 22.0 Å². The highest BCUT2D eigenvalue weighted by Gasteiger charge is 2.34. The maximum absolute atomic E-state index is 12.8. The molecule has 0 unspecified atom stereocenters. The number of likely N-dealkylation sites (N-methyl/N-ethyl adjacent to an activating group) is 1. The Balaban J connectivity index is 1.65. The highest BCUT2D eigenvalue weighted by atomic mass is 35.5. The number of hydrogen-bond donors (Lipinski definition) is 1. The van der Waals surface area contributed by atoms with Gasteiger partial charge >= 0.3 is 0 Å². The molecule has 1 atom stereocenters. The molecule has 0 saturated carbocycles. The number of carbonyl (C=O) groups excluding carboxylic acids is 3. The van der Waals surface area contributed by atoms with Crippen molar-refractivity contribution in [1.82, 2.24) is 10.2 Å². The number of nitrogens with one attached hydrogen (secondary N) is 1. The van der Waals surface area contributed by atoms with E-state index in [1.54, 1.807) is 67.5 Å². The van der Waals surface area contributed by atoms with Crippen LogP contribution in [0, 0.1) is 0 Å². The van der Waals surface area contributed by atoms with Crippen molar-refractivity contribution in [3.63, 3.8) is 0 Å². The molecule has 0 aromatic heterocycles. The van der Waals surface area contributed by atoms with Crippen molar-refractivity contribution in [1.29, 1.82) is 0 Å². The fraction of sp³-hybridized carbons (Fsp3) is 0.286. The van der Waals surface area contributed by atoms with Crippen LogP contribution in [-0.2, 0) is 9.59 Å². The van der Waals surface area contributed by atoms with Gasteiger partial charge in [0.2, 0.25) is 5.91 Å². The molecule has 1 aliphatic heterocycles. The number of para-hydroxylation sites is 2. The minimum Gasteiger partial charge on any atom is -0.476 e. The van der Waals surface area contributed by atoms with Crippen molar-refractivity contribution >= 4 is 35.0 Å². The summed E-state index contributed by atoms with van der Waals surface area (Å²) in [7, 11) is 3.29. The van der Waals surface area contributed by atoms with Gasteiger partial charge in [-0.1, -0.05) is 23.7 Å². The highest BCUT2D eigenvalue weighted by molar-refractivity contribution is 6.30. The van der Waals surface area contributed by atoms with Crippen LogP contribution in [0.25, 0.3) is 0 Å². The van der Waals surface area contributed by atoms with E-state index in [-0.39, 0.29) is 37.2 Å². The molecular weight excluding hydrogens is 394 g/mol. The number of hydrogen-bond acceptors (Lipinski definition) is 4. The predicted octanol–water partition coefficient (Wildman–Crippen LogP) is 2.34. The summed E-state index contributed by atoms with van der Waals surface area (Å²) in [6.45, 7) is 0.296. The Bertz CT molecular complexity index is 914. The molecule has 0 aliphatic carbocycles. The fourth-order valence-electron chi connectivity index (χ4n) is 3.01. The van der Waals surface area contributed by atoms with E-state index in [2.05, 4.69) is 5.32 Å². The fourth-order valence-corrected chi connectivity index (χ4v) is 3.13. The number of carbonyl (C=O) groups is 3. The second-order valence-electron chi connectivity index (χ2n) is 6.82. The van der Waals surface area contributed by atoms with Gasteiger partial charge in [-0.2, -0.15) is 0 Å². The molecular formula is C21H22ClN3O4. The summed E-state index contributed by atoms with van der Waals surface area (Å²) in [6, 6.07) is 13.6. The third-order valence-electron chi connectivity index (χ3n) is 4.52. The van der Waals surface area contributed by atoms with Crippen molar-refractivity contribution in [2.24, 2.45) is 0 Å². The third-order valence-corrected chi connectivity index (χ3v) is 4.77. The van der Waals surface area contributed by atoms with Crippen molar-refractivity contribution in [3.8, 4) is 5.75 Å². The summed E-state index contributed by atoms with van der Waals surface area (Å²) in [5.74, 6) is -0.211. The molecule has 1 heterocycles. The van der Waals surface area contributed by atoms with Crippen LogP contribution in [0.5, 0.6) is 5.75 Å². The SMILES string of the molecule is CN(C)C(=O)[C@@H]1CN(C(=O)CCNC(=O)c2ccc(Cl)cc2)c2ccccc2O1. The first-order chi connectivity index (χ1) is 13.9. The number of amides is 3. The van der Waals surface area contributed by atoms with Crippen LogP contribution in [-0.4, -0.2) is 55.9 Å². The molecule has 0 radical (unpaired) electrons. The zero-order valence-corrected chi connectivity index (χ0v) is 17.0. The van der Waals surface area contributed by atoms with E-state index < -0.39 is 6.10 Å². The average molecular weight is 416 g/mol. The molecule has 0 bridgehead atoms. The lowest BCUT2D eigenvalue weighted by Gasteiger charge is -2.35. The molecule has 0 fully saturated rings. The zero-order chi connectivity index (χ0) is 21.0. The van der Waals surface area contributed by atoms with Gasteiger partial charge in [-0.3, -0.25) is 14.4 Å². The second kappa shape index (κ2) is 8.96. The van der Waals surface area contributed by atoms with E-state index in [9.17, 15) is 14.4 Å². The Morgan fingerprint density at radius 1 is 1.14 bits per heavy atom. The van der Waals surface area contributed by atoms with E-state index in [0.717, 1.165) is 0 Å². The van der Waals surface area contributed by atoms with Crippen LogP contribution in [0.1, 0.15) is 16.8 Å². The van der Waals surface area contributed by atoms with Gasteiger partial charge in [-0.15, -0.1) is 0 Å². The monoisotopic (exact) mass is 415 g/mol. The first kappa shape index (κ1) is 20.7. The Kier molecular flexibility index (Phi) is 6.39. The van der Waals surface area contributed by atoms with E-state index in [1.807, 2.05) is 0 Å². The van der Waals surface area contributed by atoms with Crippen molar-refractivity contribution in [3.05, 3.63) is 59.1 Å². The number of anilines is 1. The molecule has 0 spiro atoms. The smallest absolute Gasteiger partial charge is 0.265 e. The number of halogens is 1. The normalized spacial score (nSPS) is 15.1. The van der Waals surface area contributed by atoms with Crippen molar-refractivity contribution < 1.29 is 19.1 Å². The number of rotatable bonds is 5. The molecule has 2 aromatic carbocycles. The van der Waals surface area contributed by atoms with E-state index in [1.165, 1.54) is 4.90 Å². The molecule has 2 aromatic rings. The lowest BCUT2D eigenvalue weighted by atomic mass is 10.1. The van der Waals surface area contributed by atoms with Gasteiger partial charge in [0.15, 0.2) is 6.10 Å². The minimum absolute atomic E-state index is 0.0938. The number of fused-ring (bicyclic) bond motifs is 1. The van der Waals surface area contributed by atoms with Crippen molar-refractivity contribution in [2.75, 3.05) is 32.1 Å². The molecule has 3 rings (SSSR count). The predicted molar refractivity (Wildman–Crippen MR) is 110 cm³/mol. The number of ether oxygens (including phenoxy) is 1. The lowest BCUT2D eigenvalue weighted by Crippen LogP contribution is -2.50. The number of benzene rings is 2. The quantitative estimate of drug-likeness (QED) is 0.813. The summed E-state index contributed by atoms with van der Waals surface area (Å²) in [4.78, 5) is 40.4. The van der Waals surface area contributed by atoms with Crippen LogP contribution < -0.4 is 15.0 Å². The summed E-state index contributed by atoms with van der Waals surface area (Å²) >= 11 is 5.82. The molecule has 29 heavy (non-hydrogen) atoms. The number of nitrogens with zero attached hydrogens (tertiary/aromatic N) is 2. The Morgan fingerprint density at radius 2 is 1.83 bits per heavy atom. The maximum atomic E-state index is 12.8. The van der Waals surface area contributed by atoms with Crippen LogP contribution >= 0.6 is 11.6 Å². The summed E-state index contributed by atoms with van der Waals surface area (Å²) in [5.41, 5.74) is 1.08. The summed E-state index contributed by atoms with van der Waals surface area (Å²) < 4.78 is 5.78. The van der Waals surface area contributed by atoms with E-state index >= 15 is 0 Å². The minimum atomic E-state index is -0.771. The largest absolute Gasteiger partial charge is 0.476 e. The van der Waals surface area contributed by atoms with Crippen LogP contribution in [0.2, 0.25) is 5.02 Å². The molecule has 8 heteroatoms. The summed E-state index contributed by atoms with van der Waals surface area (Å²) in [5, 5.41) is 3.27. The van der Waals surface area contributed by atoms with Gasteiger partial charge in [-0.05, 0) is 36.4 Å². The van der Waals surface area contributed by atoms with Gasteiger partial charge in [0, 0.05) is 37.6 Å². The van der Waals surface area contributed by atoms with E-state index in [4.69, 9.17) is 16.3 Å². The first-order valence-electron chi connectivity index (χ1n) is 9.18. The maximum Gasteiger partial charge on any atom is 0.265 e. The second-order valence-corrected chi connectivity index (χ2v) is 7.26. The third kappa shape index (κ3) is 4.86. The lowest BCUT2D eigenvalue weighted by molar-refractivity contribution is -0.136. The average Bonchev–Trinajstić information content (AvgIpc) is 2.72. The summed E-state index contributed by atoms with van der Waals surface area (Å²) in [6.07, 6.45) is -0.677. The van der Waals surface area contributed by atoms with Gasteiger partial charge in [-0.25, -0.2) is 0 Å². The Labute approximate surface area is 174 Å². The van der Waals surface area contributed by atoms with Crippen molar-refractivity contribution in [2.45, 2.75) is 12.5 Å². The Morgan fingerprint density at radius 3 is 2.52 bits per heavy atom. The molecule has 1 aliphatic rings. The molecule has 3 amide bonds. The molecule has 1 N–H and O–H groups in total. The van der Waals surface area contributed by atoms with Crippen LogP contribution in [0.3, 0.4) is 0 Å². The van der Waals surface area contributed by atoms with Gasteiger partial charge < -0.3 is 19.9 Å². The zero-order valence-electron chi connectivity index (χ0n) is 16.2. The van der Waals surface area contributed by atoms with Crippen LogP contribution in [0.15, 0.2) is 48.5 Å². The molecule has 7 nitrogen and oxygen atoms in total. The van der Waals surface area contributed by atoms with Crippen LogP contribution in [0.4, 0.5) is 5.69 Å². The Hall–Kier alpha value is -3.06.